The monoisotopic (exact) mass is 349 g/mol. The normalized spacial score (nSPS) is 15.1. The van der Waals surface area contributed by atoms with Crippen LogP contribution in [0, 0.1) is 6.92 Å². The molecule has 0 saturated heterocycles. The van der Waals surface area contributed by atoms with Gasteiger partial charge in [0, 0.05) is 16.3 Å². The number of aryl methyl sites for hydroxylation is 1. The quantitative estimate of drug-likeness (QED) is 0.886. The van der Waals surface area contributed by atoms with E-state index in [0.29, 0.717) is 5.75 Å². The summed E-state index contributed by atoms with van der Waals surface area (Å²) >= 11 is 3.47. The molecular weight excluding hydrogens is 330 g/mol. The number of rotatable bonds is 5. The van der Waals surface area contributed by atoms with Gasteiger partial charge in [0.1, 0.15) is 5.75 Å². The Bertz CT molecular complexity index is 557. The van der Waals surface area contributed by atoms with Crippen molar-refractivity contribution in [3.63, 3.8) is 0 Å². The molecule has 2 unspecified atom stereocenters. The average Bonchev–Trinajstić information content (AvgIpc) is 2.32. The van der Waals surface area contributed by atoms with Gasteiger partial charge < -0.3 is 10.1 Å². The van der Waals surface area contributed by atoms with Crippen molar-refractivity contribution in [3.8, 4) is 5.75 Å². The van der Waals surface area contributed by atoms with E-state index in [2.05, 4.69) is 21.2 Å². The summed E-state index contributed by atoms with van der Waals surface area (Å²) in [7, 11) is 0.193. The lowest BCUT2D eigenvalue weighted by molar-refractivity contribution is 0.399. The van der Waals surface area contributed by atoms with Gasteiger partial charge >= 0.3 is 0 Å². The van der Waals surface area contributed by atoms with Crippen LogP contribution in [0.4, 0.5) is 0 Å². The maximum absolute atomic E-state index is 11.8. The molecule has 0 saturated carbocycles. The van der Waals surface area contributed by atoms with Gasteiger partial charge in [-0.3, -0.25) is 0 Å². The molecule has 0 spiro atoms. The second kappa shape index (κ2) is 6.24. The van der Waals surface area contributed by atoms with E-state index in [4.69, 9.17) is 4.74 Å². The minimum Gasteiger partial charge on any atom is -0.496 e. The van der Waals surface area contributed by atoms with E-state index in [1.54, 1.807) is 21.1 Å². The number of benzene rings is 1. The minimum atomic E-state index is -3.14. The molecule has 2 atom stereocenters. The molecule has 0 aliphatic carbocycles. The Labute approximate surface area is 123 Å². The molecule has 1 rings (SSSR count). The lowest BCUT2D eigenvalue weighted by atomic mass is 10.0. The number of nitrogens with one attached hydrogen (secondary N) is 1. The van der Waals surface area contributed by atoms with Crippen LogP contribution in [0.3, 0.4) is 0 Å². The van der Waals surface area contributed by atoms with Crippen molar-refractivity contribution in [2.75, 3.05) is 20.4 Å². The standard InChI is InChI=1S/C13H20BrNO3S/c1-8-6-12(18-4)10(7-11(8)14)13(15-3)9(2)19(5,16)17/h6-7,9,13,15H,1-5H3. The molecule has 0 radical (unpaired) electrons. The highest BCUT2D eigenvalue weighted by atomic mass is 79.9. The Balaban J connectivity index is 3.37. The van der Waals surface area contributed by atoms with Crippen LogP contribution in [0.2, 0.25) is 0 Å². The van der Waals surface area contributed by atoms with Gasteiger partial charge in [-0.15, -0.1) is 0 Å². The molecule has 0 aromatic heterocycles. The molecule has 0 bridgehead atoms. The Morgan fingerprint density at radius 3 is 2.37 bits per heavy atom. The van der Waals surface area contributed by atoms with Crippen molar-refractivity contribution in [3.05, 3.63) is 27.7 Å². The molecule has 0 fully saturated rings. The number of hydrogen-bond acceptors (Lipinski definition) is 4. The van der Waals surface area contributed by atoms with Crippen LogP contribution in [-0.2, 0) is 9.84 Å². The predicted molar refractivity (Wildman–Crippen MR) is 81.5 cm³/mol. The summed E-state index contributed by atoms with van der Waals surface area (Å²) in [4.78, 5) is 0. The third kappa shape index (κ3) is 3.70. The number of sulfone groups is 1. The highest BCUT2D eigenvalue weighted by Gasteiger charge is 2.28. The summed E-state index contributed by atoms with van der Waals surface area (Å²) in [5.74, 6) is 0.690. The lowest BCUT2D eigenvalue weighted by Gasteiger charge is -2.25. The van der Waals surface area contributed by atoms with E-state index >= 15 is 0 Å². The molecule has 1 N–H and O–H groups in total. The SMILES string of the molecule is CNC(c1cc(Br)c(C)cc1OC)C(C)S(C)(=O)=O. The first-order valence-electron chi connectivity index (χ1n) is 5.92. The maximum atomic E-state index is 11.8. The fourth-order valence-corrected chi connectivity index (χ4v) is 3.12. The number of ether oxygens (including phenoxy) is 1. The molecular formula is C13H20BrNO3S. The summed E-state index contributed by atoms with van der Waals surface area (Å²) < 4.78 is 29.8. The largest absolute Gasteiger partial charge is 0.496 e. The van der Waals surface area contributed by atoms with E-state index in [0.717, 1.165) is 15.6 Å². The minimum absolute atomic E-state index is 0.318. The van der Waals surface area contributed by atoms with Gasteiger partial charge in [-0.1, -0.05) is 15.9 Å². The van der Waals surface area contributed by atoms with E-state index in [9.17, 15) is 8.42 Å². The van der Waals surface area contributed by atoms with Crippen molar-refractivity contribution in [2.45, 2.75) is 25.1 Å². The van der Waals surface area contributed by atoms with Crippen LogP contribution in [0.15, 0.2) is 16.6 Å². The first kappa shape index (κ1) is 16.5. The fraction of sp³-hybridized carbons (Fsp3) is 0.538. The fourth-order valence-electron chi connectivity index (χ4n) is 1.98. The second-order valence-electron chi connectivity index (χ2n) is 4.64. The number of hydrogen-bond donors (Lipinski definition) is 1. The van der Waals surface area contributed by atoms with Crippen LogP contribution >= 0.6 is 15.9 Å². The average molecular weight is 350 g/mol. The van der Waals surface area contributed by atoms with Crippen molar-refractivity contribution in [2.24, 2.45) is 0 Å². The van der Waals surface area contributed by atoms with Gasteiger partial charge in [-0.2, -0.15) is 0 Å². The lowest BCUT2D eigenvalue weighted by Crippen LogP contribution is -2.33. The Hall–Kier alpha value is -0.590. The summed E-state index contributed by atoms with van der Waals surface area (Å²) in [5.41, 5.74) is 1.88. The maximum Gasteiger partial charge on any atom is 0.151 e. The van der Waals surface area contributed by atoms with Crippen LogP contribution < -0.4 is 10.1 Å². The van der Waals surface area contributed by atoms with E-state index in [1.165, 1.54) is 6.26 Å². The zero-order chi connectivity index (χ0) is 14.8. The van der Waals surface area contributed by atoms with Gasteiger partial charge in [0.05, 0.1) is 18.4 Å². The zero-order valence-corrected chi connectivity index (χ0v) is 14.2. The van der Waals surface area contributed by atoms with Crippen LogP contribution in [0.1, 0.15) is 24.1 Å². The predicted octanol–water partition coefficient (Wildman–Crippen LogP) is 2.46. The molecule has 0 amide bonds. The molecule has 108 valence electrons. The summed E-state index contributed by atoms with van der Waals surface area (Å²) in [6.07, 6.45) is 1.25. The van der Waals surface area contributed by atoms with Crippen molar-refractivity contribution in [1.29, 1.82) is 0 Å². The molecule has 1 aromatic carbocycles. The molecule has 4 nitrogen and oxygen atoms in total. The van der Waals surface area contributed by atoms with Crippen LogP contribution in [0.25, 0.3) is 0 Å². The van der Waals surface area contributed by atoms with Crippen LogP contribution in [-0.4, -0.2) is 34.1 Å². The third-order valence-electron chi connectivity index (χ3n) is 3.30. The molecule has 6 heteroatoms. The van der Waals surface area contributed by atoms with Crippen molar-refractivity contribution in [1.82, 2.24) is 5.32 Å². The smallest absolute Gasteiger partial charge is 0.151 e. The van der Waals surface area contributed by atoms with Crippen molar-refractivity contribution < 1.29 is 13.2 Å². The van der Waals surface area contributed by atoms with Crippen LogP contribution in [0.5, 0.6) is 5.75 Å². The Morgan fingerprint density at radius 2 is 1.95 bits per heavy atom. The Morgan fingerprint density at radius 1 is 1.37 bits per heavy atom. The second-order valence-corrected chi connectivity index (χ2v) is 7.90. The van der Waals surface area contributed by atoms with E-state index in [1.807, 2.05) is 19.1 Å². The van der Waals surface area contributed by atoms with Gasteiger partial charge in [-0.05, 0) is 38.6 Å². The van der Waals surface area contributed by atoms with Gasteiger partial charge in [-0.25, -0.2) is 8.42 Å². The van der Waals surface area contributed by atoms with E-state index < -0.39 is 15.1 Å². The topological polar surface area (TPSA) is 55.4 Å². The molecule has 1 aromatic rings. The number of methoxy groups -OCH3 is 1. The summed E-state index contributed by atoms with van der Waals surface area (Å²) in [6, 6.07) is 3.50. The molecule has 19 heavy (non-hydrogen) atoms. The summed E-state index contributed by atoms with van der Waals surface area (Å²) in [5, 5.41) is 2.53. The Kier molecular flexibility index (Phi) is 5.41. The van der Waals surface area contributed by atoms with Gasteiger partial charge in [0.15, 0.2) is 9.84 Å². The van der Waals surface area contributed by atoms with Crippen molar-refractivity contribution >= 4 is 25.8 Å². The summed E-state index contributed by atoms with van der Waals surface area (Å²) in [6.45, 7) is 3.66. The zero-order valence-electron chi connectivity index (χ0n) is 11.8. The molecule has 0 heterocycles. The van der Waals surface area contributed by atoms with E-state index in [-0.39, 0.29) is 6.04 Å². The number of halogens is 1. The highest BCUT2D eigenvalue weighted by Crippen LogP contribution is 2.34. The van der Waals surface area contributed by atoms with Gasteiger partial charge in [0.25, 0.3) is 0 Å². The first-order chi connectivity index (χ1) is 8.72. The third-order valence-corrected chi connectivity index (χ3v) is 5.78. The van der Waals surface area contributed by atoms with Gasteiger partial charge in [0.2, 0.25) is 0 Å². The first-order valence-corrected chi connectivity index (χ1v) is 8.67. The molecule has 0 aliphatic heterocycles. The highest BCUT2D eigenvalue weighted by molar-refractivity contribution is 9.10. The molecule has 0 aliphatic rings.